The van der Waals surface area contributed by atoms with Crippen LogP contribution in [0.3, 0.4) is 0 Å². The average Bonchev–Trinajstić information content (AvgIpc) is 2.60. The average molecular weight is 415 g/mol. The van der Waals surface area contributed by atoms with Crippen LogP contribution in [0.4, 0.5) is 0 Å². The van der Waals surface area contributed by atoms with Crippen LogP contribution in [-0.4, -0.2) is 49.1 Å². The molecule has 1 fully saturated rings. The van der Waals surface area contributed by atoms with Crippen molar-refractivity contribution in [3.05, 3.63) is 29.3 Å². The Morgan fingerprint density at radius 3 is 2.07 bits per heavy atom. The summed E-state index contributed by atoms with van der Waals surface area (Å²) >= 11 is 5.88. The number of esters is 3. The van der Waals surface area contributed by atoms with E-state index in [1.165, 1.54) is 20.8 Å². The largest absolute Gasteiger partial charge is 0.463 e. The second-order valence-electron chi connectivity index (χ2n) is 6.42. The van der Waals surface area contributed by atoms with Crippen LogP contribution in [-0.2, 0) is 33.3 Å². The second kappa shape index (κ2) is 9.75. The third kappa shape index (κ3) is 6.10. The van der Waals surface area contributed by atoms with Gasteiger partial charge in [-0.25, -0.2) is 0 Å². The Bertz CT molecular complexity index is 702. The maximum atomic E-state index is 11.6. The van der Waals surface area contributed by atoms with Gasteiger partial charge in [0.1, 0.15) is 24.6 Å². The summed E-state index contributed by atoms with van der Waals surface area (Å²) in [5.74, 6) is -1.62. The predicted octanol–water partition coefficient (Wildman–Crippen LogP) is 2.51. The standard InChI is InChI=1S/C19H23ClO8/c1-10-17(25-12(3)22)16(9-24-11(2)21)28-19(18(10)26-13(4)23)27-15-7-5-14(20)6-8-15/h5-8,10,16-19H,9H2,1-4H3/t10?,16?,17-,18?,19+/m1/s1. The molecule has 1 heterocycles. The van der Waals surface area contributed by atoms with Crippen molar-refractivity contribution in [1.82, 2.24) is 0 Å². The maximum absolute atomic E-state index is 11.6. The summed E-state index contributed by atoms with van der Waals surface area (Å²) in [6.45, 7) is 5.37. The first-order chi connectivity index (χ1) is 13.2. The molecule has 0 aliphatic carbocycles. The Hall–Kier alpha value is -2.32. The van der Waals surface area contributed by atoms with E-state index in [-0.39, 0.29) is 6.61 Å². The molecule has 0 aromatic heterocycles. The van der Waals surface area contributed by atoms with Gasteiger partial charge >= 0.3 is 17.9 Å². The summed E-state index contributed by atoms with van der Waals surface area (Å²) in [6, 6.07) is 6.56. The van der Waals surface area contributed by atoms with E-state index in [1.807, 2.05) is 0 Å². The monoisotopic (exact) mass is 414 g/mol. The summed E-state index contributed by atoms with van der Waals surface area (Å²) in [5.41, 5.74) is 0. The summed E-state index contributed by atoms with van der Waals surface area (Å²) < 4.78 is 27.5. The molecule has 0 bridgehead atoms. The van der Waals surface area contributed by atoms with Gasteiger partial charge in [-0.05, 0) is 24.3 Å². The fraction of sp³-hybridized carbons (Fsp3) is 0.526. The number of benzene rings is 1. The molecule has 5 atom stereocenters. The fourth-order valence-electron chi connectivity index (χ4n) is 2.91. The zero-order valence-corrected chi connectivity index (χ0v) is 16.8. The van der Waals surface area contributed by atoms with Crippen molar-refractivity contribution in [2.24, 2.45) is 5.92 Å². The van der Waals surface area contributed by atoms with Crippen molar-refractivity contribution in [3.63, 3.8) is 0 Å². The molecule has 0 saturated carbocycles. The molecule has 9 heteroatoms. The molecule has 0 amide bonds. The van der Waals surface area contributed by atoms with Crippen LogP contribution >= 0.6 is 11.6 Å². The predicted molar refractivity (Wildman–Crippen MR) is 97.6 cm³/mol. The van der Waals surface area contributed by atoms with Crippen molar-refractivity contribution >= 4 is 29.5 Å². The Morgan fingerprint density at radius 2 is 1.54 bits per heavy atom. The zero-order chi connectivity index (χ0) is 20.8. The number of hydrogen-bond acceptors (Lipinski definition) is 8. The quantitative estimate of drug-likeness (QED) is 0.517. The zero-order valence-electron chi connectivity index (χ0n) is 16.0. The van der Waals surface area contributed by atoms with E-state index >= 15 is 0 Å². The van der Waals surface area contributed by atoms with E-state index in [1.54, 1.807) is 31.2 Å². The SMILES string of the molecule is CC(=O)OCC1O[C@H](Oc2ccc(Cl)cc2)C(OC(C)=O)C(C)[C@H]1OC(C)=O. The van der Waals surface area contributed by atoms with Crippen LogP contribution < -0.4 is 4.74 Å². The van der Waals surface area contributed by atoms with E-state index in [2.05, 4.69) is 0 Å². The third-order valence-corrected chi connectivity index (χ3v) is 4.35. The number of ether oxygens (including phenoxy) is 5. The molecule has 0 radical (unpaired) electrons. The summed E-state index contributed by atoms with van der Waals surface area (Å²) in [5, 5.41) is 0.532. The highest BCUT2D eigenvalue weighted by Crippen LogP contribution is 2.32. The molecule has 154 valence electrons. The first kappa shape index (κ1) is 22.0. The van der Waals surface area contributed by atoms with Gasteiger partial charge < -0.3 is 23.7 Å². The molecule has 3 unspecified atom stereocenters. The van der Waals surface area contributed by atoms with Gasteiger partial charge in [-0.1, -0.05) is 18.5 Å². The van der Waals surface area contributed by atoms with Crippen LogP contribution in [0.25, 0.3) is 0 Å². The number of rotatable bonds is 6. The fourth-order valence-corrected chi connectivity index (χ4v) is 3.03. The van der Waals surface area contributed by atoms with Crippen LogP contribution in [0, 0.1) is 5.92 Å². The van der Waals surface area contributed by atoms with E-state index in [0.29, 0.717) is 10.8 Å². The highest BCUT2D eigenvalue weighted by molar-refractivity contribution is 6.30. The normalized spacial score (nSPS) is 26.8. The van der Waals surface area contributed by atoms with Crippen molar-refractivity contribution in [3.8, 4) is 5.75 Å². The minimum atomic E-state index is -1.01. The topological polar surface area (TPSA) is 97.4 Å². The van der Waals surface area contributed by atoms with Gasteiger partial charge in [0.2, 0.25) is 6.29 Å². The molecular weight excluding hydrogens is 392 g/mol. The van der Waals surface area contributed by atoms with Gasteiger partial charge in [0.05, 0.1) is 0 Å². The molecular formula is C19H23ClO8. The van der Waals surface area contributed by atoms with Gasteiger partial charge in [0.25, 0.3) is 0 Å². The van der Waals surface area contributed by atoms with E-state index in [0.717, 1.165) is 0 Å². The Kier molecular flexibility index (Phi) is 7.65. The van der Waals surface area contributed by atoms with Crippen molar-refractivity contribution in [2.75, 3.05) is 6.61 Å². The van der Waals surface area contributed by atoms with E-state index in [9.17, 15) is 14.4 Å². The smallest absolute Gasteiger partial charge is 0.303 e. The van der Waals surface area contributed by atoms with Gasteiger partial charge in [-0.15, -0.1) is 0 Å². The van der Waals surface area contributed by atoms with Gasteiger partial charge in [0, 0.05) is 31.7 Å². The first-order valence-electron chi connectivity index (χ1n) is 8.73. The lowest BCUT2D eigenvalue weighted by molar-refractivity contribution is -0.271. The Labute approximate surface area is 168 Å². The molecule has 0 N–H and O–H groups in total. The number of halogens is 1. The summed E-state index contributed by atoms with van der Waals surface area (Å²) in [6.07, 6.45) is -3.46. The molecule has 2 rings (SSSR count). The molecule has 1 aromatic rings. The molecule has 8 nitrogen and oxygen atoms in total. The maximum Gasteiger partial charge on any atom is 0.303 e. The van der Waals surface area contributed by atoms with E-state index < -0.39 is 48.4 Å². The van der Waals surface area contributed by atoms with Crippen molar-refractivity contribution in [1.29, 1.82) is 0 Å². The lowest BCUT2D eigenvalue weighted by Gasteiger charge is -2.43. The Balaban J connectivity index is 2.28. The summed E-state index contributed by atoms with van der Waals surface area (Å²) in [7, 11) is 0. The second-order valence-corrected chi connectivity index (χ2v) is 6.86. The molecule has 1 saturated heterocycles. The van der Waals surface area contributed by atoms with Gasteiger partial charge in [0.15, 0.2) is 6.10 Å². The van der Waals surface area contributed by atoms with Crippen molar-refractivity contribution < 1.29 is 38.1 Å². The van der Waals surface area contributed by atoms with E-state index in [4.69, 9.17) is 35.3 Å². The minimum absolute atomic E-state index is 0.148. The molecule has 0 spiro atoms. The summed E-state index contributed by atoms with van der Waals surface area (Å²) in [4.78, 5) is 34.3. The molecule has 1 aromatic carbocycles. The minimum Gasteiger partial charge on any atom is -0.463 e. The molecule has 28 heavy (non-hydrogen) atoms. The van der Waals surface area contributed by atoms with Crippen molar-refractivity contribution in [2.45, 2.75) is 52.3 Å². The highest BCUT2D eigenvalue weighted by atomic mass is 35.5. The van der Waals surface area contributed by atoms with Crippen LogP contribution in [0.15, 0.2) is 24.3 Å². The number of carbonyl (C=O) groups excluding carboxylic acids is 3. The number of hydrogen-bond donors (Lipinski definition) is 0. The lowest BCUT2D eigenvalue weighted by Crippen LogP contribution is -2.58. The highest BCUT2D eigenvalue weighted by Gasteiger charge is 2.49. The third-order valence-electron chi connectivity index (χ3n) is 4.10. The first-order valence-corrected chi connectivity index (χ1v) is 9.10. The van der Waals surface area contributed by atoms with Crippen LogP contribution in [0.1, 0.15) is 27.7 Å². The molecule has 1 aliphatic heterocycles. The van der Waals surface area contributed by atoms with Crippen LogP contribution in [0.2, 0.25) is 5.02 Å². The molecule has 1 aliphatic rings. The van der Waals surface area contributed by atoms with Gasteiger partial charge in [-0.2, -0.15) is 0 Å². The number of carbonyl (C=O) groups is 3. The lowest BCUT2D eigenvalue weighted by atomic mass is 9.90. The van der Waals surface area contributed by atoms with Crippen LogP contribution in [0.5, 0.6) is 5.75 Å². The van der Waals surface area contributed by atoms with Gasteiger partial charge in [-0.3, -0.25) is 14.4 Å². The Morgan fingerprint density at radius 1 is 0.964 bits per heavy atom.